The second kappa shape index (κ2) is 7.20. The van der Waals surface area contributed by atoms with Crippen molar-refractivity contribution >= 4 is 49.7 Å². The molecule has 0 bridgehead atoms. The number of hydrogen-bond donors (Lipinski definition) is 2. The number of rotatable bonds is 4. The van der Waals surface area contributed by atoms with E-state index in [-0.39, 0.29) is 5.91 Å². The summed E-state index contributed by atoms with van der Waals surface area (Å²) in [5, 5.41) is 4.75. The minimum absolute atomic E-state index is 0.221. The molecule has 5 nitrogen and oxygen atoms in total. The number of thiophene rings is 1. The van der Waals surface area contributed by atoms with Gasteiger partial charge in [0, 0.05) is 22.2 Å². The largest absolute Gasteiger partial charge is 0.397 e. The number of aryl methyl sites for hydroxylation is 1. The Morgan fingerprint density at radius 1 is 1.14 bits per heavy atom. The van der Waals surface area contributed by atoms with Crippen LogP contribution in [0.25, 0.3) is 21.1 Å². The van der Waals surface area contributed by atoms with Gasteiger partial charge in [0.1, 0.15) is 9.71 Å². The van der Waals surface area contributed by atoms with Crippen LogP contribution in [0.4, 0.5) is 11.4 Å². The van der Waals surface area contributed by atoms with E-state index in [1.807, 2.05) is 49.4 Å². The van der Waals surface area contributed by atoms with E-state index in [9.17, 15) is 4.79 Å². The number of pyridine rings is 2. The minimum atomic E-state index is -0.221. The Labute approximate surface area is 167 Å². The molecule has 0 radical (unpaired) electrons. The Morgan fingerprint density at radius 3 is 2.71 bits per heavy atom. The van der Waals surface area contributed by atoms with E-state index >= 15 is 0 Å². The summed E-state index contributed by atoms with van der Waals surface area (Å²) in [4.78, 5) is 23.5. The molecule has 1 aromatic carbocycles. The van der Waals surface area contributed by atoms with Gasteiger partial charge in [0.05, 0.1) is 16.9 Å². The average molecular weight is 391 g/mol. The molecule has 0 saturated carbocycles. The number of nitrogen functional groups attached to an aromatic ring is 1. The van der Waals surface area contributed by atoms with Crippen molar-refractivity contribution in [2.75, 3.05) is 11.1 Å². The van der Waals surface area contributed by atoms with E-state index in [1.165, 1.54) is 11.3 Å². The highest BCUT2D eigenvalue weighted by atomic mass is 32.1. The first-order valence-corrected chi connectivity index (χ1v) is 10.1. The standard InChI is InChI=1S/C22H22N4OS/c1-12(2)10-14-8-9-16-19(23)20(28-22(16)25-14)21(27)26-18-11-13(3)24-17-7-5-4-6-15(17)18/h4-9,11-12H,10,23H2,1-3H3,(H,24,26,27). The summed E-state index contributed by atoms with van der Waals surface area (Å²) in [7, 11) is 0. The molecule has 0 saturated heterocycles. The third-order valence-electron chi connectivity index (χ3n) is 4.57. The minimum Gasteiger partial charge on any atom is -0.397 e. The summed E-state index contributed by atoms with van der Waals surface area (Å²) < 4.78 is 0. The van der Waals surface area contributed by atoms with Crippen LogP contribution in [-0.2, 0) is 6.42 Å². The van der Waals surface area contributed by atoms with Crippen molar-refractivity contribution in [1.29, 1.82) is 0 Å². The van der Waals surface area contributed by atoms with Gasteiger partial charge in [0.2, 0.25) is 0 Å². The summed E-state index contributed by atoms with van der Waals surface area (Å²) in [6.45, 7) is 6.24. The molecule has 0 aliphatic carbocycles. The van der Waals surface area contributed by atoms with Gasteiger partial charge in [-0.05, 0) is 43.5 Å². The predicted octanol–water partition coefficient (Wildman–Crippen LogP) is 5.19. The van der Waals surface area contributed by atoms with Gasteiger partial charge >= 0.3 is 0 Å². The fraction of sp³-hybridized carbons (Fsp3) is 0.227. The van der Waals surface area contributed by atoms with Gasteiger partial charge in [-0.25, -0.2) is 4.98 Å². The molecule has 3 N–H and O–H groups in total. The molecular weight excluding hydrogens is 368 g/mol. The Balaban J connectivity index is 1.71. The summed E-state index contributed by atoms with van der Waals surface area (Å²) in [6.07, 6.45) is 0.900. The molecule has 142 valence electrons. The maximum Gasteiger partial charge on any atom is 0.267 e. The van der Waals surface area contributed by atoms with E-state index in [2.05, 4.69) is 24.1 Å². The third-order valence-corrected chi connectivity index (χ3v) is 5.68. The molecule has 0 fully saturated rings. The molecular formula is C22H22N4OS. The molecule has 0 spiro atoms. The summed E-state index contributed by atoms with van der Waals surface area (Å²) >= 11 is 1.34. The normalized spacial score (nSPS) is 11.4. The average Bonchev–Trinajstić information content (AvgIpc) is 2.97. The monoisotopic (exact) mass is 390 g/mol. The Kier molecular flexibility index (Phi) is 4.73. The highest BCUT2D eigenvalue weighted by Crippen LogP contribution is 2.34. The van der Waals surface area contributed by atoms with Crippen LogP contribution in [0.5, 0.6) is 0 Å². The van der Waals surface area contributed by atoms with Gasteiger partial charge in [-0.1, -0.05) is 32.0 Å². The van der Waals surface area contributed by atoms with Crippen molar-refractivity contribution in [3.63, 3.8) is 0 Å². The topological polar surface area (TPSA) is 80.9 Å². The van der Waals surface area contributed by atoms with E-state index in [4.69, 9.17) is 10.7 Å². The molecule has 28 heavy (non-hydrogen) atoms. The maximum absolute atomic E-state index is 13.0. The first kappa shape index (κ1) is 18.4. The van der Waals surface area contributed by atoms with E-state index < -0.39 is 0 Å². The first-order valence-electron chi connectivity index (χ1n) is 9.28. The molecule has 0 unspecified atom stereocenters. The molecule has 4 rings (SSSR count). The lowest BCUT2D eigenvalue weighted by atomic mass is 10.1. The molecule has 3 heterocycles. The predicted molar refractivity (Wildman–Crippen MR) is 117 cm³/mol. The number of fused-ring (bicyclic) bond motifs is 2. The zero-order chi connectivity index (χ0) is 19.8. The smallest absolute Gasteiger partial charge is 0.267 e. The lowest BCUT2D eigenvalue weighted by molar-refractivity contribution is 0.103. The van der Waals surface area contributed by atoms with Gasteiger partial charge < -0.3 is 11.1 Å². The van der Waals surface area contributed by atoms with E-state index in [0.717, 1.165) is 44.6 Å². The molecule has 3 aromatic heterocycles. The number of aromatic nitrogens is 2. The quantitative estimate of drug-likeness (QED) is 0.503. The zero-order valence-electron chi connectivity index (χ0n) is 16.1. The highest BCUT2D eigenvalue weighted by molar-refractivity contribution is 7.21. The lowest BCUT2D eigenvalue weighted by Gasteiger charge is -2.09. The van der Waals surface area contributed by atoms with Crippen molar-refractivity contribution in [2.45, 2.75) is 27.2 Å². The molecule has 0 aliphatic rings. The van der Waals surface area contributed by atoms with Crippen molar-refractivity contribution in [3.05, 3.63) is 58.7 Å². The fourth-order valence-corrected chi connectivity index (χ4v) is 4.33. The van der Waals surface area contributed by atoms with Crippen LogP contribution in [0.3, 0.4) is 0 Å². The van der Waals surface area contributed by atoms with Crippen LogP contribution in [-0.4, -0.2) is 15.9 Å². The number of carbonyl (C=O) groups excluding carboxylic acids is 1. The van der Waals surface area contributed by atoms with Gasteiger partial charge in [-0.2, -0.15) is 0 Å². The van der Waals surface area contributed by atoms with Crippen molar-refractivity contribution in [2.24, 2.45) is 5.92 Å². The third kappa shape index (κ3) is 3.43. The van der Waals surface area contributed by atoms with Crippen LogP contribution >= 0.6 is 11.3 Å². The Hall–Kier alpha value is -2.99. The fourth-order valence-electron chi connectivity index (χ4n) is 3.33. The van der Waals surface area contributed by atoms with Crippen LogP contribution < -0.4 is 11.1 Å². The number of benzene rings is 1. The maximum atomic E-state index is 13.0. The SMILES string of the molecule is Cc1cc(NC(=O)c2sc3nc(CC(C)C)ccc3c2N)c2ccccc2n1. The summed E-state index contributed by atoms with van der Waals surface area (Å²) in [5.41, 5.74) is 10.2. The Morgan fingerprint density at radius 2 is 1.93 bits per heavy atom. The first-order chi connectivity index (χ1) is 13.4. The number of para-hydroxylation sites is 1. The molecule has 6 heteroatoms. The van der Waals surface area contributed by atoms with Crippen LogP contribution in [0.15, 0.2) is 42.5 Å². The van der Waals surface area contributed by atoms with Gasteiger partial charge in [0.25, 0.3) is 5.91 Å². The molecule has 0 atom stereocenters. The number of amides is 1. The second-order valence-corrected chi connectivity index (χ2v) is 8.38. The number of hydrogen-bond acceptors (Lipinski definition) is 5. The van der Waals surface area contributed by atoms with Crippen molar-refractivity contribution in [3.8, 4) is 0 Å². The number of anilines is 2. The number of nitrogens with two attached hydrogens (primary N) is 1. The van der Waals surface area contributed by atoms with Crippen molar-refractivity contribution in [1.82, 2.24) is 9.97 Å². The summed E-state index contributed by atoms with van der Waals surface area (Å²) in [5.74, 6) is 0.301. The second-order valence-electron chi connectivity index (χ2n) is 7.38. The lowest BCUT2D eigenvalue weighted by Crippen LogP contribution is -2.12. The van der Waals surface area contributed by atoms with Crippen LogP contribution in [0.1, 0.15) is 34.9 Å². The zero-order valence-corrected chi connectivity index (χ0v) is 16.9. The Bertz CT molecular complexity index is 1200. The number of nitrogens with zero attached hydrogens (tertiary/aromatic N) is 2. The van der Waals surface area contributed by atoms with Gasteiger partial charge in [-0.3, -0.25) is 9.78 Å². The van der Waals surface area contributed by atoms with Crippen LogP contribution in [0, 0.1) is 12.8 Å². The highest BCUT2D eigenvalue weighted by Gasteiger charge is 2.19. The van der Waals surface area contributed by atoms with Crippen LogP contribution in [0.2, 0.25) is 0 Å². The number of carbonyl (C=O) groups is 1. The molecule has 0 aliphatic heterocycles. The van der Waals surface area contributed by atoms with Crippen molar-refractivity contribution < 1.29 is 4.79 Å². The molecule has 4 aromatic rings. The summed E-state index contributed by atoms with van der Waals surface area (Å²) in [6, 6.07) is 13.6. The van der Waals surface area contributed by atoms with E-state index in [0.29, 0.717) is 16.5 Å². The molecule has 1 amide bonds. The number of nitrogens with one attached hydrogen (secondary N) is 1. The van der Waals surface area contributed by atoms with E-state index in [1.54, 1.807) is 0 Å². The van der Waals surface area contributed by atoms with Gasteiger partial charge in [0.15, 0.2) is 0 Å². The van der Waals surface area contributed by atoms with Gasteiger partial charge in [-0.15, -0.1) is 11.3 Å².